The first kappa shape index (κ1) is 19.9. The minimum absolute atomic E-state index is 0.0908. The number of hydrogen-bond donors (Lipinski definition) is 1. The monoisotopic (exact) mass is 432 g/mol. The molecule has 2 aromatic carbocycles. The van der Waals surface area contributed by atoms with Crippen molar-refractivity contribution in [3.05, 3.63) is 89.2 Å². The Kier molecular flexibility index (Phi) is 5.51. The van der Waals surface area contributed by atoms with Gasteiger partial charge in [0, 0.05) is 42.2 Å². The molecule has 2 aliphatic rings. The summed E-state index contributed by atoms with van der Waals surface area (Å²) in [6.45, 7) is 3.05. The Morgan fingerprint density at radius 2 is 1.84 bits per heavy atom. The molecule has 5 rings (SSSR count). The second kappa shape index (κ2) is 8.60. The molecule has 158 valence electrons. The third kappa shape index (κ3) is 4.10. The van der Waals surface area contributed by atoms with Crippen LogP contribution in [0.4, 0.5) is 11.4 Å². The second-order valence-corrected chi connectivity index (χ2v) is 8.60. The Balaban J connectivity index is 1.39. The zero-order chi connectivity index (χ0) is 21.2. The number of anilines is 2. The molecule has 1 saturated heterocycles. The number of aromatic nitrogens is 1. The van der Waals surface area contributed by atoms with Crippen molar-refractivity contribution in [2.24, 2.45) is 5.92 Å². The van der Waals surface area contributed by atoms with Crippen LogP contribution < -0.4 is 15.1 Å². The maximum atomic E-state index is 13.3. The van der Waals surface area contributed by atoms with Crippen LogP contribution >= 0.6 is 11.6 Å². The lowest BCUT2D eigenvalue weighted by molar-refractivity contribution is -0.126. The van der Waals surface area contributed by atoms with Crippen molar-refractivity contribution in [1.82, 2.24) is 10.3 Å². The molecule has 31 heavy (non-hydrogen) atoms. The first-order valence-corrected chi connectivity index (χ1v) is 11.1. The fraction of sp³-hybridized carbons (Fsp3) is 0.280. The third-order valence-corrected chi connectivity index (χ3v) is 6.57. The van der Waals surface area contributed by atoms with E-state index in [4.69, 9.17) is 11.6 Å². The van der Waals surface area contributed by atoms with Crippen LogP contribution in [0, 0.1) is 5.92 Å². The number of nitrogens with zero attached hydrogens (tertiary/aromatic N) is 3. The molecule has 2 aliphatic heterocycles. The largest absolute Gasteiger partial charge is 0.368 e. The number of carbonyl (C=O) groups excluding carboxylic acids is 1. The van der Waals surface area contributed by atoms with E-state index in [-0.39, 0.29) is 17.9 Å². The predicted molar refractivity (Wildman–Crippen MR) is 125 cm³/mol. The van der Waals surface area contributed by atoms with Crippen molar-refractivity contribution in [3.63, 3.8) is 0 Å². The molecule has 1 aromatic heterocycles. The summed E-state index contributed by atoms with van der Waals surface area (Å²) in [7, 11) is 0. The normalized spacial score (nSPS) is 20.0. The van der Waals surface area contributed by atoms with E-state index in [0.717, 1.165) is 42.5 Å². The molecule has 0 spiro atoms. The van der Waals surface area contributed by atoms with Gasteiger partial charge in [0.05, 0.1) is 24.2 Å². The van der Waals surface area contributed by atoms with E-state index in [1.807, 2.05) is 30.3 Å². The predicted octanol–water partition coefficient (Wildman–Crippen LogP) is 3.92. The fourth-order valence-electron chi connectivity index (χ4n) is 4.76. The van der Waals surface area contributed by atoms with Crippen LogP contribution in [0.2, 0.25) is 5.02 Å². The number of carbonyl (C=O) groups is 1. The molecule has 0 saturated carbocycles. The molecule has 1 N–H and O–H groups in total. The van der Waals surface area contributed by atoms with Crippen LogP contribution in [0.15, 0.2) is 72.9 Å². The Labute approximate surface area is 187 Å². The summed E-state index contributed by atoms with van der Waals surface area (Å²) < 4.78 is 0. The van der Waals surface area contributed by atoms with Crippen molar-refractivity contribution < 1.29 is 4.79 Å². The minimum atomic E-state index is -0.117. The van der Waals surface area contributed by atoms with Gasteiger partial charge in [0.2, 0.25) is 5.91 Å². The van der Waals surface area contributed by atoms with Gasteiger partial charge in [0.25, 0.3) is 0 Å². The lowest BCUT2D eigenvalue weighted by Crippen LogP contribution is -2.61. The summed E-state index contributed by atoms with van der Waals surface area (Å²) in [5, 5.41) is 3.87. The van der Waals surface area contributed by atoms with E-state index >= 15 is 0 Å². The molecule has 0 aliphatic carbocycles. The Hall–Kier alpha value is -3.05. The number of hydrogen-bond acceptors (Lipinski definition) is 4. The molecular weight excluding hydrogens is 408 g/mol. The molecule has 0 radical (unpaired) electrons. The topological polar surface area (TPSA) is 48.5 Å². The Morgan fingerprint density at radius 1 is 1.03 bits per heavy atom. The van der Waals surface area contributed by atoms with Gasteiger partial charge in [-0.15, -0.1) is 0 Å². The van der Waals surface area contributed by atoms with E-state index in [1.54, 1.807) is 6.20 Å². The van der Waals surface area contributed by atoms with Crippen molar-refractivity contribution in [2.45, 2.75) is 19.0 Å². The number of piperazine rings is 1. The smallest absolute Gasteiger partial charge is 0.225 e. The van der Waals surface area contributed by atoms with Gasteiger partial charge >= 0.3 is 0 Å². The second-order valence-electron chi connectivity index (χ2n) is 8.16. The number of amides is 1. The summed E-state index contributed by atoms with van der Waals surface area (Å²) in [5.74, 6) is -0.0261. The summed E-state index contributed by atoms with van der Waals surface area (Å²) >= 11 is 6.08. The number of rotatable bonds is 4. The number of pyridine rings is 1. The Morgan fingerprint density at radius 3 is 2.65 bits per heavy atom. The molecule has 2 atom stereocenters. The van der Waals surface area contributed by atoms with Gasteiger partial charge in [0.15, 0.2) is 0 Å². The molecular formula is C25H25ClN4O. The van der Waals surface area contributed by atoms with Crippen LogP contribution in [0.3, 0.4) is 0 Å². The van der Waals surface area contributed by atoms with E-state index in [0.29, 0.717) is 6.54 Å². The summed E-state index contributed by atoms with van der Waals surface area (Å²) in [6, 6.07) is 22.3. The molecule has 1 fully saturated rings. The molecule has 1 amide bonds. The highest BCUT2D eigenvalue weighted by atomic mass is 35.5. The average molecular weight is 433 g/mol. The Bertz CT molecular complexity index is 1060. The summed E-state index contributed by atoms with van der Waals surface area (Å²) in [4.78, 5) is 22.4. The number of benzene rings is 2. The highest BCUT2D eigenvalue weighted by Gasteiger charge is 2.41. The van der Waals surface area contributed by atoms with Gasteiger partial charge in [0.1, 0.15) is 0 Å². The van der Waals surface area contributed by atoms with E-state index < -0.39 is 0 Å². The SMILES string of the molecule is O=C(NCc1ccccn1)C1Cc2ccccc2N2CCN(c3ccc(Cl)cc3)CC12. The third-order valence-electron chi connectivity index (χ3n) is 6.32. The van der Waals surface area contributed by atoms with Gasteiger partial charge < -0.3 is 15.1 Å². The first-order chi connectivity index (χ1) is 15.2. The van der Waals surface area contributed by atoms with E-state index in [9.17, 15) is 4.79 Å². The summed E-state index contributed by atoms with van der Waals surface area (Å²) in [5.41, 5.74) is 4.53. The molecule has 0 bridgehead atoms. The van der Waals surface area contributed by atoms with Crippen molar-refractivity contribution in [2.75, 3.05) is 29.4 Å². The first-order valence-electron chi connectivity index (χ1n) is 10.7. The number of fused-ring (bicyclic) bond motifs is 3. The highest BCUT2D eigenvalue weighted by molar-refractivity contribution is 6.30. The van der Waals surface area contributed by atoms with Crippen molar-refractivity contribution >= 4 is 28.9 Å². The van der Waals surface area contributed by atoms with Gasteiger partial charge in [-0.05, 0) is 54.4 Å². The van der Waals surface area contributed by atoms with Crippen LogP contribution in [0.1, 0.15) is 11.3 Å². The zero-order valence-electron chi connectivity index (χ0n) is 17.2. The van der Waals surface area contributed by atoms with Gasteiger partial charge in [-0.1, -0.05) is 35.9 Å². The fourth-order valence-corrected chi connectivity index (χ4v) is 4.88. The maximum Gasteiger partial charge on any atom is 0.225 e. The molecule has 5 nitrogen and oxygen atoms in total. The van der Waals surface area contributed by atoms with Gasteiger partial charge in [-0.25, -0.2) is 0 Å². The number of nitrogens with one attached hydrogen (secondary N) is 1. The van der Waals surface area contributed by atoms with Crippen LogP contribution in [0.5, 0.6) is 0 Å². The van der Waals surface area contributed by atoms with E-state index in [2.05, 4.69) is 56.5 Å². The lowest BCUT2D eigenvalue weighted by Gasteiger charge is -2.49. The van der Waals surface area contributed by atoms with Crippen LogP contribution in [-0.2, 0) is 17.8 Å². The maximum absolute atomic E-state index is 13.3. The quantitative estimate of drug-likeness (QED) is 0.678. The molecule has 3 aromatic rings. The van der Waals surface area contributed by atoms with E-state index in [1.165, 1.54) is 11.3 Å². The van der Waals surface area contributed by atoms with Gasteiger partial charge in [-0.3, -0.25) is 9.78 Å². The minimum Gasteiger partial charge on any atom is -0.368 e. The molecule has 3 heterocycles. The van der Waals surface area contributed by atoms with Crippen LogP contribution in [0.25, 0.3) is 0 Å². The number of halogens is 1. The van der Waals surface area contributed by atoms with Gasteiger partial charge in [-0.2, -0.15) is 0 Å². The molecule has 2 unspecified atom stereocenters. The standard InChI is InChI=1S/C25H25ClN4O/c26-19-8-10-21(11-9-19)29-13-14-30-23-7-2-1-5-18(23)15-22(24(30)17-29)25(31)28-16-20-6-3-4-12-27-20/h1-12,22,24H,13-17H2,(H,28,31). The highest BCUT2D eigenvalue weighted by Crippen LogP contribution is 2.37. The molecule has 6 heteroatoms. The average Bonchev–Trinajstić information content (AvgIpc) is 2.83. The van der Waals surface area contributed by atoms with Crippen LogP contribution in [-0.4, -0.2) is 36.6 Å². The summed E-state index contributed by atoms with van der Waals surface area (Å²) in [6.07, 6.45) is 2.51. The zero-order valence-corrected chi connectivity index (χ0v) is 18.0. The lowest BCUT2D eigenvalue weighted by atomic mass is 9.83. The van der Waals surface area contributed by atoms with Crippen molar-refractivity contribution in [3.8, 4) is 0 Å². The number of para-hydroxylation sites is 1. The van der Waals surface area contributed by atoms with Crippen molar-refractivity contribution in [1.29, 1.82) is 0 Å².